The Bertz CT molecular complexity index is 931. The molecule has 1 aromatic rings. The summed E-state index contributed by atoms with van der Waals surface area (Å²) in [7, 11) is 0. The highest BCUT2D eigenvalue weighted by molar-refractivity contribution is 5.79. The first kappa shape index (κ1) is 27.7. The number of carbonyl (C=O) groups excluding carboxylic acids is 2. The summed E-state index contributed by atoms with van der Waals surface area (Å²) in [5, 5.41) is 0. The van der Waals surface area contributed by atoms with Gasteiger partial charge in [-0.3, -0.25) is 4.79 Å². The molecular formula is C33H48O5. The van der Waals surface area contributed by atoms with Gasteiger partial charge in [0.15, 0.2) is 0 Å². The fraction of sp³-hybridized carbons (Fsp3) is 0.758. The molecule has 4 fully saturated rings. The second-order valence-corrected chi connectivity index (χ2v) is 13.1. The largest absolute Gasteiger partial charge is 0.508 e. The van der Waals surface area contributed by atoms with Crippen molar-refractivity contribution in [1.82, 2.24) is 0 Å². The number of hydrogen-bond donors (Lipinski definition) is 0. The molecular weight excluding hydrogens is 476 g/mol. The summed E-state index contributed by atoms with van der Waals surface area (Å²) >= 11 is 0. The van der Waals surface area contributed by atoms with Gasteiger partial charge in [0, 0.05) is 12.3 Å². The van der Waals surface area contributed by atoms with Gasteiger partial charge in [-0.25, -0.2) is 4.79 Å². The van der Waals surface area contributed by atoms with Crippen LogP contribution in [-0.4, -0.2) is 31.3 Å². The lowest BCUT2D eigenvalue weighted by Gasteiger charge is -2.51. The predicted octanol–water partition coefficient (Wildman–Crippen LogP) is 7.75. The molecule has 1 aromatic carbocycles. The summed E-state index contributed by atoms with van der Waals surface area (Å²) in [5.41, 5.74) is 1.37. The summed E-state index contributed by atoms with van der Waals surface area (Å²) in [6.07, 6.45) is 13.2. The van der Waals surface area contributed by atoms with Crippen LogP contribution in [-0.2, 0) is 25.6 Å². The smallest absolute Gasteiger partial charge is 0.434 e. The van der Waals surface area contributed by atoms with Crippen LogP contribution in [0.25, 0.3) is 0 Å². The lowest BCUT2D eigenvalue weighted by molar-refractivity contribution is -0.126. The van der Waals surface area contributed by atoms with Crippen molar-refractivity contribution >= 4 is 11.9 Å². The Hall–Kier alpha value is -1.88. The minimum absolute atomic E-state index is 0.0224. The molecule has 4 aliphatic rings. The van der Waals surface area contributed by atoms with Gasteiger partial charge in [0.25, 0.3) is 0 Å². The zero-order valence-electron chi connectivity index (χ0n) is 23.6. The Morgan fingerprint density at radius 3 is 2.58 bits per heavy atom. The van der Waals surface area contributed by atoms with Gasteiger partial charge in [0.05, 0.1) is 19.8 Å². The molecule has 38 heavy (non-hydrogen) atoms. The topological polar surface area (TPSA) is 61.8 Å². The van der Waals surface area contributed by atoms with E-state index in [1.165, 1.54) is 44.9 Å². The van der Waals surface area contributed by atoms with E-state index in [-0.39, 0.29) is 17.4 Å². The maximum absolute atomic E-state index is 12.5. The third-order valence-electron chi connectivity index (χ3n) is 10.9. The summed E-state index contributed by atoms with van der Waals surface area (Å²) < 4.78 is 16.9. The molecule has 0 heterocycles. The van der Waals surface area contributed by atoms with E-state index >= 15 is 0 Å². The SMILES string of the molecule is CC(=O)[C@H]1CC[C@H]2[C@H]3CCC[C@H]4C[C@H](OC(=O)OCCCOCc5ccccc5)CC[C@H](C4)[C@H]3CC[C@]12C. The molecule has 0 aliphatic heterocycles. The summed E-state index contributed by atoms with van der Waals surface area (Å²) in [4.78, 5) is 24.9. The van der Waals surface area contributed by atoms with Crippen LogP contribution in [0.5, 0.6) is 0 Å². The van der Waals surface area contributed by atoms with Gasteiger partial charge in [0.2, 0.25) is 0 Å². The number of fused-ring (bicyclic) bond motifs is 6. The molecule has 0 aromatic heterocycles. The second kappa shape index (κ2) is 12.5. The van der Waals surface area contributed by atoms with E-state index in [9.17, 15) is 9.59 Å². The maximum atomic E-state index is 12.5. The van der Waals surface area contributed by atoms with Gasteiger partial charge >= 0.3 is 6.16 Å². The maximum Gasteiger partial charge on any atom is 0.508 e. The molecule has 4 aliphatic carbocycles. The van der Waals surface area contributed by atoms with Crippen molar-refractivity contribution in [2.24, 2.45) is 40.9 Å². The summed E-state index contributed by atoms with van der Waals surface area (Å²) in [6, 6.07) is 10.1. The Balaban J connectivity index is 1.08. The number of benzene rings is 1. The number of rotatable bonds is 8. The molecule has 0 amide bonds. The standard InChI is InChI=1S/C33H48O5/c1-23(34)30-14-15-31-29-11-6-10-25-20-26(28(29)16-17-33(30,31)2)12-13-27(21-25)38-32(35)37-19-7-18-36-22-24-8-4-3-5-9-24/h3-5,8-9,25-31H,6-7,10-22H2,1-2H3/t25-,26-,27-,28-,29+,30-,31+,33-/m1/s1. The monoisotopic (exact) mass is 524 g/mol. The third-order valence-corrected chi connectivity index (χ3v) is 10.9. The minimum Gasteiger partial charge on any atom is -0.434 e. The highest BCUT2D eigenvalue weighted by Crippen LogP contribution is 2.62. The first-order chi connectivity index (χ1) is 18.4. The molecule has 5 nitrogen and oxygen atoms in total. The molecule has 5 heteroatoms. The van der Waals surface area contributed by atoms with Crippen LogP contribution < -0.4 is 0 Å². The third kappa shape index (κ3) is 6.29. The van der Waals surface area contributed by atoms with Gasteiger partial charge in [0.1, 0.15) is 11.9 Å². The quantitative estimate of drug-likeness (QED) is 0.257. The van der Waals surface area contributed by atoms with E-state index in [1.54, 1.807) is 0 Å². The average Bonchev–Trinajstić information content (AvgIpc) is 3.11. The molecule has 210 valence electrons. The zero-order valence-corrected chi connectivity index (χ0v) is 23.6. The normalized spacial score (nSPS) is 36.6. The molecule has 0 radical (unpaired) electrons. The van der Waals surface area contributed by atoms with Gasteiger partial charge in [-0.05, 0) is 105 Å². The number of ketones is 1. The second-order valence-electron chi connectivity index (χ2n) is 13.1. The molecule has 0 unspecified atom stereocenters. The van der Waals surface area contributed by atoms with Crippen LogP contribution in [0.2, 0.25) is 0 Å². The van der Waals surface area contributed by atoms with Crippen molar-refractivity contribution in [3.05, 3.63) is 35.9 Å². The first-order valence-corrected chi connectivity index (χ1v) is 15.4. The van der Waals surface area contributed by atoms with Gasteiger partial charge in [-0.2, -0.15) is 0 Å². The van der Waals surface area contributed by atoms with E-state index in [2.05, 4.69) is 6.92 Å². The fourth-order valence-corrected chi connectivity index (χ4v) is 9.14. The minimum atomic E-state index is -0.516. The fourth-order valence-electron chi connectivity index (χ4n) is 9.14. The first-order valence-electron chi connectivity index (χ1n) is 15.4. The lowest BCUT2D eigenvalue weighted by Crippen LogP contribution is -2.45. The number of carbonyl (C=O) groups is 2. The molecule has 5 rings (SSSR count). The van der Waals surface area contributed by atoms with E-state index in [0.717, 1.165) is 49.0 Å². The Kier molecular flexibility index (Phi) is 9.13. The van der Waals surface area contributed by atoms with E-state index in [4.69, 9.17) is 14.2 Å². The van der Waals surface area contributed by atoms with Crippen LogP contribution in [0.3, 0.4) is 0 Å². The number of ether oxygens (including phenoxy) is 3. The molecule has 4 saturated carbocycles. The Morgan fingerprint density at radius 2 is 1.76 bits per heavy atom. The van der Waals surface area contributed by atoms with Crippen LogP contribution >= 0.6 is 0 Å². The predicted molar refractivity (Wildman–Crippen MR) is 147 cm³/mol. The van der Waals surface area contributed by atoms with Gasteiger partial charge in [-0.1, -0.05) is 50.1 Å². The lowest BCUT2D eigenvalue weighted by atomic mass is 9.53. The van der Waals surface area contributed by atoms with Crippen molar-refractivity contribution in [3.63, 3.8) is 0 Å². The van der Waals surface area contributed by atoms with E-state index < -0.39 is 6.16 Å². The van der Waals surface area contributed by atoms with Crippen LogP contribution in [0, 0.1) is 40.9 Å². The van der Waals surface area contributed by atoms with Crippen molar-refractivity contribution < 1.29 is 23.8 Å². The van der Waals surface area contributed by atoms with Crippen molar-refractivity contribution in [3.8, 4) is 0 Å². The summed E-state index contributed by atoms with van der Waals surface area (Å²) in [5.74, 6) is 4.35. The molecule has 0 N–H and O–H groups in total. The van der Waals surface area contributed by atoms with Crippen molar-refractivity contribution in [1.29, 1.82) is 0 Å². The van der Waals surface area contributed by atoms with Gasteiger partial charge in [-0.15, -0.1) is 0 Å². The van der Waals surface area contributed by atoms with Crippen LogP contribution in [0.15, 0.2) is 30.3 Å². The highest BCUT2D eigenvalue weighted by Gasteiger charge is 2.56. The summed E-state index contributed by atoms with van der Waals surface area (Å²) in [6.45, 7) is 5.73. The molecule has 0 spiro atoms. The zero-order chi connectivity index (χ0) is 26.5. The van der Waals surface area contributed by atoms with Crippen molar-refractivity contribution in [2.75, 3.05) is 13.2 Å². The average molecular weight is 525 g/mol. The number of hydrogen-bond acceptors (Lipinski definition) is 5. The van der Waals surface area contributed by atoms with E-state index in [0.29, 0.717) is 43.9 Å². The van der Waals surface area contributed by atoms with Gasteiger partial charge < -0.3 is 14.2 Å². The molecule has 0 saturated heterocycles. The van der Waals surface area contributed by atoms with E-state index in [1.807, 2.05) is 37.3 Å². The number of Topliss-reactive ketones (excluding diaryl/α,β-unsaturated/α-hetero) is 1. The molecule has 8 atom stereocenters. The highest BCUT2D eigenvalue weighted by atomic mass is 16.7. The van der Waals surface area contributed by atoms with Crippen molar-refractivity contribution in [2.45, 2.75) is 104 Å². The van der Waals surface area contributed by atoms with Crippen LogP contribution in [0.4, 0.5) is 4.79 Å². The van der Waals surface area contributed by atoms with Crippen LogP contribution in [0.1, 0.15) is 96.5 Å². The molecule has 2 bridgehead atoms. The Labute approximate surface area is 229 Å². The Morgan fingerprint density at radius 1 is 0.921 bits per heavy atom.